The minimum atomic E-state index is -3.69. The molecule has 2 aromatic carbocycles. The molecule has 23 heavy (non-hydrogen) atoms. The van der Waals surface area contributed by atoms with Crippen molar-refractivity contribution >= 4 is 19.9 Å². The van der Waals surface area contributed by atoms with Crippen LogP contribution in [-0.2, 0) is 19.9 Å². The molecule has 0 unspecified atom stereocenters. The van der Waals surface area contributed by atoms with Crippen molar-refractivity contribution in [2.45, 2.75) is 28.5 Å². The molecule has 0 amide bonds. The van der Waals surface area contributed by atoms with Crippen LogP contribution in [0.3, 0.4) is 0 Å². The van der Waals surface area contributed by atoms with Gasteiger partial charge >= 0.3 is 0 Å². The molecule has 3 rings (SSSR count). The van der Waals surface area contributed by atoms with Gasteiger partial charge in [-0.3, -0.25) is 0 Å². The van der Waals surface area contributed by atoms with E-state index in [1.165, 1.54) is 16.4 Å². The van der Waals surface area contributed by atoms with Crippen LogP contribution in [0.15, 0.2) is 57.2 Å². The van der Waals surface area contributed by atoms with Gasteiger partial charge in [-0.2, -0.15) is 4.31 Å². The summed E-state index contributed by atoms with van der Waals surface area (Å²) in [5, 5.41) is 0. The molecule has 0 aromatic heterocycles. The molecule has 7 heteroatoms. The second kappa shape index (κ2) is 5.43. The molecule has 0 aliphatic carbocycles. The van der Waals surface area contributed by atoms with E-state index in [0.29, 0.717) is 24.2 Å². The summed E-state index contributed by atoms with van der Waals surface area (Å²) in [7, 11) is -7.36. The second-order valence-corrected chi connectivity index (χ2v) is 9.07. The highest BCUT2D eigenvalue weighted by molar-refractivity contribution is 7.92. The summed E-state index contributed by atoms with van der Waals surface area (Å²) in [6.07, 6.45) is 0. The Morgan fingerprint density at radius 2 is 1.52 bits per heavy atom. The van der Waals surface area contributed by atoms with Crippen LogP contribution in [0, 0.1) is 0 Å². The number of rotatable bonds is 4. The summed E-state index contributed by atoms with van der Waals surface area (Å²) in [5.41, 5.74) is 1.17. The molecule has 1 aliphatic heterocycles. The summed E-state index contributed by atoms with van der Waals surface area (Å²) >= 11 is 0. The van der Waals surface area contributed by atoms with Crippen LogP contribution in [0.4, 0.5) is 0 Å². The Balaban J connectivity index is 2.22. The third-order valence-electron chi connectivity index (χ3n) is 4.05. The average molecular weight is 351 g/mol. The first-order valence-corrected chi connectivity index (χ1v) is 10.2. The zero-order valence-corrected chi connectivity index (χ0v) is 14.5. The van der Waals surface area contributed by atoms with Crippen molar-refractivity contribution < 1.29 is 16.8 Å². The molecule has 5 nitrogen and oxygen atoms in total. The zero-order valence-electron chi connectivity index (χ0n) is 12.9. The number of hydrogen-bond donors (Lipinski definition) is 0. The van der Waals surface area contributed by atoms with E-state index in [0.717, 1.165) is 0 Å². The first kappa shape index (κ1) is 16.2. The highest BCUT2D eigenvalue weighted by Crippen LogP contribution is 2.43. The van der Waals surface area contributed by atoms with Gasteiger partial charge in [-0.25, -0.2) is 16.8 Å². The number of sulfonamides is 1. The van der Waals surface area contributed by atoms with Gasteiger partial charge in [-0.1, -0.05) is 38.1 Å². The fourth-order valence-electron chi connectivity index (χ4n) is 2.86. The van der Waals surface area contributed by atoms with E-state index in [4.69, 9.17) is 0 Å². The minimum absolute atomic E-state index is 0.0105. The van der Waals surface area contributed by atoms with Crippen LogP contribution in [0.5, 0.6) is 0 Å². The van der Waals surface area contributed by atoms with Gasteiger partial charge in [0, 0.05) is 24.2 Å². The van der Waals surface area contributed by atoms with Gasteiger partial charge in [0.1, 0.15) is 0 Å². The maximum atomic E-state index is 12.7. The van der Waals surface area contributed by atoms with Gasteiger partial charge in [-0.05, 0) is 18.2 Å². The van der Waals surface area contributed by atoms with Crippen molar-refractivity contribution in [3.8, 4) is 11.1 Å². The Hall–Kier alpha value is -1.70. The molecule has 0 saturated heterocycles. The Labute approximate surface area is 136 Å². The van der Waals surface area contributed by atoms with Crippen LogP contribution in [-0.4, -0.2) is 34.2 Å². The van der Waals surface area contributed by atoms with E-state index in [-0.39, 0.29) is 14.7 Å². The minimum Gasteiger partial charge on any atom is -0.218 e. The number of sulfone groups is 1. The number of nitrogens with zero attached hydrogens (tertiary/aromatic N) is 1. The molecule has 0 saturated carbocycles. The molecular formula is C16H17NO4S2. The maximum Gasteiger partial charge on any atom is 0.243 e. The predicted molar refractivity (Wildman–Crippen MR) is 87.4 cm³/mol. The molecule has 1 heterocycles. The van der Waals surface area contributed by atoms with Crippen LogP contribution >= 0.6 is 0 Å². The lowest BCUT2D eigenvalue weighted by molar-refractivity contribution is 0.445. The van der Waals surface area contributed by atoms with E-state index in [2.05, 4.69) is 0 Å². The molecule has 0 N–H and O–H groups in total. The lowest BCUT2D eigenvalue weighted by Gasteiger charge is -2.18. The monoisotopic (exact) mass is 351 g/mol. The first-order valence-electron chi connectivity index (χ1n) is 7.32. The van der Waals surface area contributed by atoms with Gasteiger partial charge in [0.2, 0.25) is 19.9 Å². The SMILES string of the molecule is CCN(CC)S(=O)(=O)c1ccc2c(c1)S(=O)(=O)c1ccccc1-2. The Morgan fingerprint density at radius 3 is 2.17 bits per heavy atom. The van der Waals surface area contributed by atoms with Crippen molar-refractivity contribution in [2.75, 3.05) is 13.1 Å². The van der Waals surface area contributed by atoms with Crippen molar-refractivity contribution in [3.63, 3.8) is 0 Å². The van der Waals surface area contributed by atoms with Crippen molar-refractivity contribution in [2.24, 2.45) is 0 Å². The van der Waals surface area contributed by atoms with Crippen LogP contribution in [0.25, 0.3) is 11.1 Å². The van der Waals surface area contributed by atoms with E-state index >= 15 is 0 Å². The molecule has 0 bridgehead atoms. The Bertz CT molecular complexity index is 975. The van der Waals surface area contributed by atoms with Crippen LogP contribution in [0.2, 0.25) is 0 Å². The fraction of sp³-hybridized carbons (Fsp3) is 0.250. The van der Waals surface area contributed by atoms with Crippen molar-refractivity contribution in [1.29, 1.82) is 0 Å². The van der Waals surface area contributed by atoms with Gasteiger partial charge in [-0.15, -0.1) is 0 Å². The standard InChI is InChI=1S/C16H17NO4S2/c1-3-17(4-2)23(20,21)12-9-10-14-13-7-5-6-8-15(13)22(18,19)16(14)11-12/h5-11H,3-4H2,1-2H3. The smallest absolute Gasteiger partial charge is 0.218 e. The Kier molecular flexibility index (Phi) is 3.82. The predicted octanol–water partition coefficient (Wildman–Crippen LogP) is 2.53. The molecule has 1 aliphatic rings. The number of hydrogen-bond acceptors (Lipinski definition) is 4. The summed E-state index contributed by atoms with van der Waals surface area (Å²) in [6.45, 7) is 4.17. The summed E-state index contributed by atoms with van der Waals surface area (Å²) in [5.74, 6) is 0. The van der Waals surface area contributed by atoms with E-state index in [1.807, 2.05) is 0 Å². The van der Waals surface area contributed by atoms with E-state index in [1.54, 1.807) is 44.2 Å². The first-order chi connectivity index (χ1) is 10.8. The molecule has 0 fully saturated rings. The van der Waals surface area contributed by atoms with E-state index in [9.17, 15) is 16.8 Å². The third kappa shape index (κ3) is 2.31. The topological polar surface area (TPSA) is 71.5 Å². The average Bonchev–Trinajstić information content (AvgIpc) is 2.77. The van der Waals surface area contributed by atoms with Gasteiger partial charge < -0.3 is 0 Å². The molecule has 0 spiro atoms. The van der Waals surface area contributed by atoms with Gasteiger partial charge in [0.05, 0.1) is 14.7 Å². The molecule has 0 radical (unpaired) electrons. The van der Waals surface area contributed by atoms with Gasteiger partial charge in [0.25, 0.3) is 0 Å². The van der Waals surface area contributed by atoms with Crippen molar-refractivity contribution in [1.82, 2.24) is 4.31 Å². The van der Waals surface area contributed by atoms with Crippen LogP contribution in [0.1, 0.15) is 13.8 Å². The number of benzene rings is 2. The quantitative estimate of drug-likeness (QED) is 0.724. The Morgan fingerprint density at radius 1 is 0.913 bits per heavy atom. The normalized spacial score (nSPS) is 15.4. The van der Waals surface area contributed by atoms with Gasteiger partial charge in [0.15, 0.2) is 0 Å². The maximum absolute atomic E-state index is 12.7. The summed E-state index contributed by atoms with van der Waals surface area (Å²) in [6, 6.07) is 11.0. The highest BCUT2D eigenvalue weighted by atomic mass is 32.2. The van der Waals surface area contributed by atoms with E-state index < -0.39 is 19.9 Å². The fourth-order valence-corrected chi connectivity index (χ4v) is 6.13. The summed E-state index contributed by atoms with van der Waals surface area (Å²) in [4.78, 5) is 0.302. The molecule has 0 atom stereocenters. The van der Waals surface area contributed by atoms with Crippen LogP contribution < -0.4 is 0 Å². The molecular weight excluding hydrogens is 334 g/mol. The lowest BCUT2D eigenvalue weighted by atomic mass is 10.1. The lowest BCUT2D eigenvalue weighted by Crippen LogP contribution is -2.30. The van der Waals surface area contributed by atoms with Crippen molar-refractivity contribution in [3.05, 3.63) is 42.5 Å². The molecule has 2 aromatic rings. The highest BCUT2D eigenvalue weighted by Gasteiger charge is 2.34. The molecule has 122 valence electrons. The third-order valence-corrected chi connectivity index (χ3v) is 7.95. The zero-order chi connectivity index (χ0) is 16.8. The summed E-state index contributed by atoms with van der Waals surface area (Å²) < 4.78 is 51.8. The number of fused-ring (bicyclic) bond motifs is 3. The second-order valence-electron chi connectivity index (χ2n) is 5.25. The largest absolute Gasteiger partial charge is 0.243 e.